The summed E-state index contributed by atoms with van der Waals surface area (Å²) in [4.78, 5) is 2.34. The summed E-state index contributed by atoms with van der Waals surface area (Å²) in [5.74, 6) is 0.699. The first-order valence-corrected chi connectivity index (χ1v) is 5.75. The maximum absolute atomic E-state index is 5.68. The normalized spacial score (nSPS) is 10.2. The van der Waals surface area contributed by atoms with Crippen molar-refractivity contribution in [1.82, 2.24) is 0 Å². The van der Waals surface area contributed by atoms with Crippen LogP contribution in [0.25, 0.3) is 0 Å². The number of hydrogen-bond acceptors (Lipinski definition) is 1. The molecule has 0 heterocycles. The predicted molar refractivity (Wildman–Crippen MR) is 64.4 cm³/mol. The van der Waals surface area contributed by atoms with Gasteiger partial charge in [-0.3, -0.25) is 0 Å². The Morgan fingerprint density at radius 1 is 1.07 bits per heavy atom. The molecule has 1 aromatic carbocycles. The number of nitrogens with zero attached hydrogens (tertiary/aromatic N) is 1. The van der Waals surface area contributed by atoms with Crippen LogP contribution in [0.5, 0.6) is 0 Å². The number of alkyl halides is 1. The van der Waals surface area contributed by atoms with Gasteiger partial charge in [0.15, 0.2) is 0 Å². The summed E-state index contributed by atoms with van der Waals surface area (Å²) in [5, 5.41) is 0. The molecular weight excluding hydrogens is 194 g/mol. The first-order chi connectivity index (χ1) is 6.81. The van der Waals surface area contributed by atoms with Crippen molar-refractivity contribution in [1.29, 1.82) is 0 Å². The molecule has 1 aromatic rings. The number of aryl methyl sites for hydroxylation is 1. The summed E-state index contributed by atoms with van der Waals surface area (Å²) < 4.78 is 0. The number of benzene rings is 1. The number of rotatable bonds is 5. The molecule has 0 amide bonds. The van der Waals surface area contributed by atoms with E-state index in [-0.39, 0.29) is 0 Å². The van der Waals surface area contributed by atoms with E-state index in [4.69, 9.17) is 11.6 Å². The van der Waals surface area contributed by atoms with E-state index in [1.165, 1.54) is 11.3 Å². The lowest BCUT2D eigenvalue weighted by molar-refractivity contribution is 0.865. The SMILES string of the molecule is CCN(CC)c1ccc(CCCl)cc1. The highest BCUT2D eigenvalue weighted by Gasteiger charge is 2.00. The third kappa shape index (κ3) is 2.91. The molecule has 0 radical (unpaired) electrons. The van der Waals surface area contributed by atoms with Crippen molar-refractivity contribution in [2.24, 2.45) is 0 Å². The molecule has 14 heavy (non-hydrogen) atoms. The molecule has 1 rings (SSSR count). The Labute approximate surface area is 91.7 Å². The Morgan fingerprint density at radius 2 is 1.64 bits per heavy atom. The van der Waals surface area contributed by atoms with Crippen molar-refractivity contribution >= 4 is 17.3 Å². The van der Waals surface area contributed by atoms with Crippen LogP contribution in [0.4, 0.5) is 5.69 Å². The Balaban J connectivity index is 2.71. The highest BCUT2D eigenvalue weighted by Crippen LogP contribution is 2.15. The quantitative estimate of drug-likeness (QED) is 0.676. The van der Waals surface area contributed by atoms with Crippen LogP contribution >= 0.6 is 11.6 Å². The van der Waals surface area contributed by atoms with E-state index in [9.17, 15) is 0 Å². The van der Waals surface area contributed by atoms with Crippen LogP contribution in [0, 0.1) is 0 Å². The van der Waals surface area contributed by atoms with Crippen molar-refractivity contribution in [2.75, 3.05) is 23.9 Å². The van der Waals surface area contributed by atoms with Crippen molar-refractivity contribution < 1.29 is 0 Å². The van der Waals surface area contributed by atoms with Gasteiger partial charge in [0.05, 0.1) is 0 Å². The van der Waals surface area contributed by atoms with Gasteiger partial charge in [-0.05, 0) is 38.0 Å². The maximum atomic E-state index is 5.68. The Kier molecular flexibility index (Phi) is 4.81. The fourth-order valence-electron chi connectivity index (χ4n) is 1.57. The van der Waals surface area contributed by atoms with Crippen molar-refractivity contribution in [3.05, 3.63) is 29.8 Å². The standard InChI is InChI=1S/C12H18ClN/c1-3-14(4-2)12-7-5-11(6-8-12)9-10-13/h5-8H,3-4,9-10H2,1-2H3. The number of halogens is 1. The highest BCUT2D eigenvalue weighted by atomic mass is 35.5. The predicted octanol–water partition coefficient (Wildman–Crippen LogP) is 3.31. The first kappa shape index (κ1) is 11.4. The molecular formula is C12H18ClN. The first-order valence-electron chi connectivity index (χ1n) is 5.21. The second kappa shape index (κ2) is 5.92. The second-order valence-corrected chi connectivity index (χ2v) is 3.66. The smallest absolute Gasteiger partial charge is 0.0366 e. The average molecular weight is 212 g/mol. The van der Waals surface area contributed by atoms with E-state index in [1.54, 1.807) is 0 Å². The molecule has 1 nitrogen and oxygen atoms in total. The summed E-state index contributed by atoms with van der Waals surface area (Å²) in [6, 6.07) is 8.68. The molecule has 0 atom stereocenters. The van der Waals surface area contributed by atoms with Gasteiger partial charge in [0.2, 0.25) is 0 Å². The van der Waals surface area contributed by atoms with E-state index in [0.29, 0.717) is 5.88 Å². The van der Waals surface area contributed by atoms with Crippen molar-refractivity contribution in [3.63, 3.8) is 0 Å². The van der Waals surface area contributed by atoms with Gasteiger partial charge in [-0.2, -0.15) is 0 Å². The highest BCUT2D eigenvalue weighted by molar-refractivity contribution is 6.17. The van der Waals surface area contributed by atoms with E-state index in [0.717, 1.165) is 19.5 Å². The molecule has 0 unspecified atom stereocenters. The lowest BCUT2D eigenvalue weighted by Gasteiger charge is -2.21. The lowest BCUT2D eigenvalue weighted by Crippen LogP contribution is -2.21. The van der Waals surface area contributed by atoms with E-state index in [1.807, 2.05) is 0 Å². The van der Waals surface area contributed by atoms with Crippen LogP contribution in [-0.4, -0.2) is 19.0 Å². The average Bonchev–Trinajstić information content (AvgIpc) is 2.23. The summed E-state index contributed by atoms with van der Waals surface area (Å²) in [7, 11) is 0. The molecule has 0 saturated carbocycles. The fraction of sp³-hybridized carbons (Fsp3) is 0.500. The Hall–Kier alpha value is -0.690. The molecule has 0 aromatic heterocycles. The summed E-state index contributed by atoms with van der Waals surface area (Å²) in [6.45, 7) is 6.48. The van der Waals surface area contributed by atoms with Gasteiger partial charge in [0.1, 0.15) is 0 Å². The minimum absolute atomic E-state index is 0.699. The molecule has 0 aliphatic carbocycles. The van der Waals surface area contributed by atoms with Crippen LogP contribution in [-0.2, 0) is 6.42 Å². The zero-order valence-corrected chi connectivity index (χ0v) is 9.72. The monoisotopic (exact) mass is 211 g/mol. The van der Waals surface area contributed by atoms with Gasteiger partial charge in [-0.15, -0.1) is 11.6 Å². The van der Waals surface area contributed by atoms with Crippen LogP contribution in [0.15, 0.2) is 24.3 Å². The third-order valence-corrected chi connectivity index (χ3v) is 2.64. The Bertz CT molecular complexity index is 252. The van der Waals surface area contributed by atoms with Gasteiger partial charge in [0.25, 0.3) is 0 Å². The minimum atomic E-state index is 0.699. The zero-order valence-electron chi connectivity index (χ0n) is 8.96. The van der Waals surface area contributed by atoms with Crippen LogP contribution in [0.3, 0.4) is 0 Å². The topological polar surface area (TPSA) is 3.24 Å². The van der Waals surface area contributed by atoms with E-state index in [2.05, 4.69) is 43.0 Å². The van der Waals surface area contributed by atoms with Gasteiger partial charge in [-0.1, -0.05) is 12.1 Å². The van der Waals surface area contributed by atoms with Gasteiger partial charge < -0.3 is 4.90 Å². The molecule has 0 N–H and O–H groups in total. The summed E-state index contributed by atoms with van der Waals surface area (Å²) in [5.41, 5.74) is 2.62. The molecule has 2 heteroatoms. The third-order valence-electron chi connectivity index (χ3n) is 2.45. The Morgan fingerprint density at radius 3 is 2.07 bits per heavy atom. The number of hydrogen-bond donors (Lipinski definition) is 0. The van der Waals surface area contributed by atoms with Gasteiger partial charge in [-0.25, -0.2) is 0 Å². The molecule has 0 fully saturated rings. The fourth-order valence-corrected chi connectivity index (χ4v) is 1.79. The lowest BCUT2D eigenvalue weighted by atomic mass is 10.1. The summed E-state index contributed by atoms with van der Waals surface area (Å²) in [6.07, 6.45) is 0.958. The molecule has 0 spiro atoms. The van der Waals surface area contributed by atoms with Crippen molar-refractivity contribution in [2.45, 2.75) is 20.3 Å². The van der Waals surface area contributed by atoms with Crippen LogP contribution < -0.4 is 4.90 Å². The van der Waals surface area contributed by atoms with Gasteiger partial charge in [0, 0.05) is 24.7 Å². The largest absolute Gasteiger partial charge is 0.372 e. The molecule has 78 valence electrons. The summed E-state index contributed by atoms with van der Waals surface area (Å²) >= 11 is 5.68. The molecule has 0 saturated heterocycles. The van der Waals surface area contributed by atoms with E-state index < -0.39 is 0 Å². The molecule has 0 aliphatic heterocycles. The number of anilines is 1. The molecule has 0 bridgehead atoms. The second-order valence-electron chi connectivity index (χ2n) is 3.28. The van der Waals surface area contributed by atoms with Crippen LogP contribution in [0.2, 0.25) is 0 Å². The van der Waals surface area contributed by atoms with Crippen LogP contribution in [0.1, 0.15) is 19.4 Å². The van der Waals surface area contributed by atoms with Crippen molar-refractivity contribution in [3.8, 4) is 0 Å². The zero-order chi connectivity index (χ0) is 10.4. The molecule has 0 aliphatic rings. The maximum Gasteiger partial charge on any atom is 0.0366 e. The van der Waals surface area contributed by atoms with E-state index >= 15 is 0 Å². The minimum Gasteiger partial charge on any atom is -0.372 e. The van der Waals surface area contributed by atoms with Gasteiger partial charge >= 0.3 is 0 Å².